The lowest BCUT2D eigenvalue weighted by molar-refractivity contribution is 0.220. The highest BCUT2D eigenvalue weighted by Crippen LogP contribution is 2.40. The Hall–Kier alpha value is -2.89. The van der Waals surface area contributed by atoms with Crippen molar-refractivity contribution in [3.8, 4) is 5.88 Å². The quantitative estimate of drug-likeness (QED) is 0.543. The largest absolute Gasteiger partial charge is 0.469 e. The Labute approximate surface area is 150 Å². The molecule has 1 unspecified atom stereocenters. The van der Waals surface area contributed by atoms with E-state index in [1.165, 1.54) is 18.5 Å². The highest BCUT2D eigenvalue weighted by Gasteiger charge is 2.27. The topological polar surface area (TPSA) is 65.5 Å². The van der Waals surface area contributed by atoms with E-state index in [9.17, 15) is 0 Å². The summed E-state index contributed by atoms with van der Waals surface area (Å²) in [6, 6.07) is 6.09. The van der Waals surface area contributed by atoms with Gasteiger partial charge in [0.2, 0.25) is 11.6 Å². The Bertz CT molecular complexity index is 1120. The molecule has 4 heterocycles. The van der Waals surface area contributed by atoms with Crippen LogP contribution in [0.2, 0.25) is 0 Å². The fourth-order valence-corrected chi connectivity index (χ4v) is 3.39. The van der Waals surface area contributed by atoms with E-state index in [0.717, 1.165) is 22.4 Å². The van der Waals surface area contributed by atoms with E-state index < -0.39 is 0 Å². The Kier molecular flexibility index (Phi) is 3.29. The predicted octanol–water partition coefficient (Wildman–Crippen LogP) is 4.50. The summed E-state index contributed by atoms with van der Waals surface area (Å²) < 4.78 is 14.0. The van der Waals surface area contributed by atoms with Crippen LogP contribution in [0.3, 0.4) is 0 Å². The smallest absolute Gasteiger partial charge is 0.233 e. The van der Waals surface area contributed by atoms with Crippen LogP contribution in [-0.4, -0.2) is 19.4 Å². The minimum atomic E-state index is -0.159. The highest BCUT2D eigenvalue weighted by molar-refractivity contribution is 5.79. The van der Waals surface area contributed by atoms with Crippen molar-refractivity contribution in [3.63, 3.8) is 0 Å². The van der Waals surface area contributed by atoms with Gasteiger partial charge in [-0.05, 0) is 57.4 Å². The molecule has 1 fully saturated rings. The van der Waals surface area contributed by atoms with Crippen LogP contribution in [0.1, 0.15) is 54.6 Å². The van der Waals surface area contributed by atoms with Gasteiger partial charge in [0.1, 0.15) is 28.7 Å². The lowest BCUT2D eigenvalue weighted by atomic mass is 10.1. The molecule has 0 N–H and O–H groups in total. The Morgan fingerprint density at radius 3 is 2.88 bits per heavy atom. The molecule has 1 aliphatic carbocycles. The van der Waals surface area contributed by atoms with Crippen LogP contribution in [0.15, 0.2) is 35.0 Å². The third kappa shape index (κ3) is 2.53. The van der Waals surface area contributed by atoms with E-state index in [0.29, 0.717) is 23.3 Å². The molecule has 4 aromatic heterocycles. The van der Waals surface area contributed by atoms with E-state index >= 15 is 0 Å². The molecule has 1 saturated carbocycles. The van der Waals surface area contributed by atoms with Gasteiger partial charge in [-0.1, -0.05) is 0 Å². The average molecular weight is 348 g/mol. The van der Waals surface area contributed by atoms with Crippen molar-refractivity contribution in [2.45, 2.75) is 45.6 Å². The molecule has 1 atom stereocenters. The number of fused-ring (bicyclic) bond motifs is 2. The fraction of sp³-hybridized carbons (Fsp3) is 0.350. The monoisotopic (exact) mass is 348 g/mol. The van der Waals surface area contributed by atoms with Crippen molar-refractivity contribution in [1.29, 1.82) is 0 Å². The SMILES string of the molecule is Cc1nc(OC(C)c2ccn3c(C4CC4)cnc3c2)c2cc(C)oc2n1. The maximum atomic E-state index is 6.18. The normalized spacial score (nSPS) is 15.7. The van der Waals surface area contributed by atoms with Gasteiger partial charge in [0, 0.05) is 24.0 Å². The number of furan rings is 1. The molecule has 0 amide bonds. The first-order valence-corrected chi connectivity index (χ1v) is 8.97. The van der Waals surface area contributed by atoms with Crippen molar-refractivity contribution in [2.24, 2.45) is 0 Å². The number of hydrogen-bond acceptors (Lipinski definition) is 5. The number of ether oxygens (including phenoxy) is 1. The third-order valence-electron chi connectivity index (χ3n) is 4.91. The maximum absolute atomic E-state index is 6.18. The Morgan fingerprint density at radius 1 is 1.23 bits per heavy atom. The van der Waals surface area contributed by atoms with Crippen LogP contribution < -0.4 is 4.74 Å². The summed E-state index contributed by atoms with van der Waals surface area (Å²) in [6.07, 6.45) is 6.46. The number of pyridine rings is 1. The van der Waals surface area contributed by atoms with Gasteiger partial charge in [-0.3, -0.25) is 0 Å². The summed E-state index contributed by atoms with van der Waals surface area (Å²) >= 11 is 0. The van der Waals surface area contributed by atoms with Crippen molar-refractivity contribution in [1.82, 2.24) is 19.4 Å². The van der Waals surface area contributed by atoms with Crippen LogP contribution >= 0.6 is 0 Å². The van der Waals surface area contributed by atoms with Crippen LogP contribution in [0.5, 0.6) is 5.88 Å². The lowest BCUT2D eigenvalue weighted by Gasteiger charge is -2.15. The summed E-state index contributed by atoms with van der Waals surface area (Å²) in [6.45, 7) is 5.76. The number of hydrogen-bond donors (Lipinski definition) is 0. The Morgan fingerprint density at radius 2 is 2.08 bits per heavy atom. The minimum absolute atomic E-state index is 0.159. The third-order valence-corrected chi connectivity index (χ3v) is 4.91. The van der Waals surface area contributed by atoms with Gasteiger partial charge < -0.3 is 13.6 Å². The number of aryl methyl sites for hydroxylation is 2. The lowest BCUT2D eigenvalue weighted by Crippen LogP contribution is -2.06. The molecule has 1 aliphatic rings. The molecule has 132 valence electrons. The molecule has 0 radical (unpaired) electrons. The van der Waals surface area contributed by atoms with Crippen molar-refractivity contribution >= 4 is 16.7 Å². The van der Waals surface area contributed by atoms with Crippen molar-refractivity contribution < 1.29 is 9.15 Å². The van der Waals surface area contributed by atoms with Gasteiger partial charge >= 0.3 is 0 Å². The van der Waals surface area contributed by atoms with Crippen LogP contribution in [0.4, 0.5) is 0 Å². The molecule has 26 heavy (non-hydrogen) atoms. The Balaban J connectivity index is 1.48. The molecule has 5 rings (SSSR count). The van der Waals surface area contributed by atoms with Crippen LogP contribution in [-0.2, 0) is 0 Å². The summed E-state index contributed by atoms with van der Waals surface area (Å²) in [5.41, 5.74) is 3.90. The molecule has 0 saturated heterocycles. The zero-order valence-electron chi connectivity index (χ0n) is 15.1. The zero-order chi connectivity index (χ0) is 17.8. The molecular weight excluding hydrogens is 328 g/mol. The second-order valence-electron chi connectivity index (χ2n) is 7.06. The van der Waals surface area contributed by atoms with Gasteiger partial charge in [-0.15, -0.1) is 0 Å². The summed E-state index contributed by atoms with van der Waals surface area (Å²) in [5, 5.41) is 0.804. The second kappa shape index (κ2) is 5.56. The summed E-state index contributed by atoms with van der Waals surface area (Å²) in [5.74, 6) is 2.65. The molecular formula is C20H20N4O2. The van der Waals surface area contributed by atoms with Gasteiger partial charge in [-0.25, -0.2) is 4.98 Å². The zero-order valence-corrected chi connectivity index (χ0v) is 15.1. The average Bonchev–Trinajstić information content (AvgIpc) is 3.25. The molecule has 0 aliphatic heterocycles. The first-order chi connectivity index (χ1) is 12.6. The number of imidazole rings is 1. The number of rotatable bonds is 4. The first-order valence-electron chi connectivity index (χ1n) is 8.97. The molecule has 6 nitrogen and oxygen atoms in total. The van der Waals surface area contributed by atoms with Crippen molar-refractivity contribution in [2.75, 3.05) is 0 Å². The minimum Gasteiger partial charge on any atom is -0.469 e. The van der Waals surface area contributed by atoms with E-state index in [4.69, 9.17) is 9.15 Å². The first kappa shape index (κ1) is 15.4. The molecule has 0 spiro atoms. The van der Waals surface area contributed by atoms with Gasteiger partial charge in [0.25, 0.3) is 0 Å². The molecule has 0 aromatic carbocycles. The predicted molar refractivity (Wildman–Crippen MR) is 97.5 cm³/mol. The number of nitrogens with zero attached hydrogens (tertiary/aromatic N) is 4. The van der Waals surface area contributed by atoms with Crippen LogP contribution in [0, 0.1) is 13.8 Å². The van der Waals surface area contributed by atoms with E-state index in [1.807, 2.05) is 33.0 Å². The van der Waals surface area contributed by atoms with E-state index in [2.05, 4.69) is 37.7 Å². The molecule has 6 heteroatoms. The number of aromatic nitrogens is 4. The summed E-state index contributed by atoms with van der Waals surface area (Å²) in [4.78, 5) is 13.4. The summed E-state index contributed by atoms with van der Waals surface area (Å²) in [7, 11) is 0. The van der Waals surface area contributed by atoms with Gasteiger partial charge in [0.15, 0.2) is 0 Å². The van der Waals surface area contributed by atoms with Gasteiger partial charge in [0.05, 0.1) is 0 Å². The molecule has 0 bridgehead atoms. The second-order valence-corrected chi connectivity index (χ2v) is 7.06. The molecule has 4 aromatic rings. The van der Waals surface area contributed by atoms with E-state index in [-0.39, 0.29) is 6.10 Å². The fourth-order valence-electron chi connectivity index (χ4n) is 3.39. The standard InChI is InChI=1S/C20H20N4O2/c1-11-8-16-19(25-11)22-13(3)23-20(16)26-12(2)15-6-7-24-17(14-4-5-14)10-21-18(24)9-15/h6-10,12,14H,4-5H2,1-3H3. The van der Waals surface area contributed by atoms with Crippen LogP contribution in [0.25, 0.3) is 16.7 Å². The van der Waals surface area contributed by atoms with Gasteiger partial charge in [-0.2, -0.15) is 9.97 Å². The van der Waals surface area contributed by atoms with E-state index in [1.54, 1.807) is 0 Å². The van der Waals surface area contributed by atoms with Crippen molar-refractivity contribution in [3.05, 3.63) is 53.4 Å². The maximum Gasteiger partial charge on any atom is 0.233 e. The highest BCUT2D eigenvalue weighted by atomic mass is 16.5.